The van der Waals surface area contributed by atoms with Gasteiger partial charge in [0.2, 0.25) is 5.88 Å². The van der Waals surface area contributed by atoms with Gasteiger partial charge in [0.05, 0.1) is 7.11 Å². The van der Waals surface area contributed by atoms with Crippen LogP contribution in [0, 0.1) is 0 Å². The van der Waals surface area contributed by atoms with E-state index in [0.29, 0.717) is 5.92 Å². The van der Waals surface area contributed by atoms with Gasteiger partial charge in [0.15, 0.2) is 0 Å². The molecule has 2 rings (SSSR count). The molecule has 0 unspecified atom stereocenters. The highest BCUT2D eigenvalue weighted by Crippen LogP contribution is 2.33. The fraction of sp³-hybridized carbons (Fsp3) is 0.545. The summed E-state index contributed by atoms with van der Waals surface area (Å²) in [5, 5.41) is 0. The molecule has 1 fully saturated rings. The fourth-order valence-corrected chi connectivity index (χ4v) is 2.26. The van der Waals surface area contributed by atoms with Gasteiger partial charge in [-0.25, -0.2) is 4.98 Å². The minimum atomic E-state index is 0.513. The summed E-state index contributed by atoms with van der Waals surface area (Å²) in [5.74, 6) is 1.25. The smallest absolute Gasteiger partial charge is 0.216 e. The van der Waals surface area contributed by atoms with Crippen molar-refractivity contribution in [1.29, 1.82) is 0 Å². The summed E-state index contributed by atoms with van der Waals surface area (Å²) >= 11 is 3.44. The second-order valence-corrected chi connectivity index (χ2v) is 4.55. The number of methoxy groups -OCH3 is 1. The van der Waals surface area contributed by atoms with E-state index in [1.54, 1.807) is 13.3 Å². The molecule has 0 radical (unpaired) electrons. The van der Waals surface area contributed by atoms with Crippen molar-refractivity contribution >= 4 is 15.9 Å². The molecule has 1 aromatic rings. The maximum atomic E-state index is 5.35. The number of hydrogen-bond donors (Lipinski definition) is 0. The van der Waals surface area contributed by atoms with Crippen LogP contribution in [0.15, 0.2) is 16.7 Å². The molecule has 0 saturated carbocycles. The number of halogens is 1. The number of nitrogens with zero attached hydrogens (tertiary/aromatic N) is 1. The van der Waals surface area contributed by atoms with Crippen LogP contribution in [0.1, 0.15) is 24.3 Å². The molecule has 0 aliphatic carbocycles. The van der Waals surface area contributed by atoms with E-state index in [2.05, 4.69) is 27.0 Å². The zero-order valence-corrected chi connectivity index (χ0v) is 10.3. The molecule has 1 saturated heterocycles. The van der Waals surface area contributed by atoms with E-state index >= 15 is 0 Å². The summed E-state index contributed by atoms with van der Waals surface area (Å²) in [5.41, 5.74) is 1.19. The highest BCUT2D eigenvalue weighted by Gasteiger charge is 2.20. The van der Waals surface area contributed by atoms with Gasteiger partial charge < -0.3 is 9.47 Å². The molecule has 0 amide bonds. The summed E-state index contributed by atoms with van der Waals surface area (Å²) in [6.07, 6.45) is 3.87. The number of rotatable bonds is 2. The predicted molar refractivity (Wildman–Crippen MR) is 61.3 cm³/mol. The van der Waals surface area contributed by atoms with Crippen molar-refractivity contribution in [2.24, 2.45) is 0 Å². The Morgan fingerprint density at radius 2 is 2.20 bits per heavy atom. The lowest BCUT2D eigenvalue weighted by atomic mass is 9.92. The molecule has 1 aromatic heterocycles. The quantitative estimate of drug-likeness (QED) is 0.829. The third kappa shape index (κ3) is 2.49. The Balaban J connectivity index is 2.27. The molecular formula is C11H14BrNO2. The summed E-state index contributed by atoms with van der Waals surface area (Å²) in [6, 6.07) is 2.10. The van der Waals surface area contributed by atoms with Crippen LogP contribution in [0.2, 0.25) is 0 Å². The molecule has 0 N–H and O–H groups in total. The van der Waals surface area contributed by atoms with Crippen molar-refractivity contribution in [2.45, 2.75) is 18.8 Å². The molecule has 3 nitrogen and oxygen atoms in total. The molecule has 0 spiro atoms. The van der Waals surface area contributed by atoms with E-state index in [4.69, 9.17) is 9.47 Å². The first-order chi connectivity index (χ1) is 7.31. The van der Waals surface area contributed by atoms with E-state index in [9.17, 15) is 0 Å². The van der Waals surface area contributed by atoms with Crippen molar-refractivity contribution < 1.29 is 9.47 Å². The van der Waals surface area contributed by atoms with Gasteiger partial charge in [-0.15, -0.1) is 0 Å². The zero-order chi connectivity index (χ0) is 10.7. The van der Waals surface area contributed by atoms with Crippen LogP contribution in [0.3, 0.4) is 0 Å². The molecule has 1 aliphatic rings. The first kappa shape index (κ1) is 10.9. The van der Waals surface area contributed by atoms with Gasteiger partial charge in [-0.2, -0.15) is 0 Å². The van der Waals surface area contributed by atoms with Crippen molar-refractivity contribution in [2.75, 3.05) is 20.3 Å². The molecule has 4 heteroatoms. The first-order valence-electron chi connectivity index (χ1n) is 5.08. The van der Waals surface area contributed by atoms with Crippen molar-refractivity contribution in [3.05, 3.63) is 22.3 Å². The van der Waals surface area contributed by atoms with Gasteiger partial charge in [-0.05, 0) is 40.8 Å². The van der Waals surface area contributed by atoms with Gasteiger partial charge in [0.1, 0.15) is 0 Å². The zero-order valence-electron chi connectivity index (χ0n) is 8.70. The number of aromatic nitrogens is 1. The third-order valence-electron chi connectivity index (χ3n) is 2.70. The van der Waals surface area contributed by atoms with E-state index in [1.807, 2.05) is 0 Å². The van der Waals surface area contributed by atoms with E-state index < -0.39 is 0 Å². The highest BCUT2D eigenvalue weighted by atomic mass is 79.9. The summed E-state index contributed by atoms with van der Waals surface area (Å²) in [7, 11) is 1.67. The highest BCUT2D eigenvalue weighted by molar-refractivity contribution is 9.10. The van der Waals surface area contributed by atoms with Gasteiger partial charge in [0.25, 0.3) is 0 Å². The molecular weight excluding hydrogens is 258 g/mol. The molecule has 0 aromatic carbocycles. The van der Waals surface area contributed by atoms with E-state index in [-0.39, 0.29) is 0 Å². The van der Waals surface area contributed by atoms with E-state index in [0.717, 1.165) is 36.4 Å². The van der Waals surface area contributed by atoms with Crippen LogP contribution in [-0.2, 0) is 4.74 Å². The van der Waals surface area contributed by atoms with Gasteiger partial charge in [0, 0.05) is 29.4 Å². The minimum absolute atomic E-state index is 0.513. The van der Waals surface area contributed by atoms with Gasteiger partial charge >= 0.3 is 0 Å². The second-order valence-electron chi connectivity index (χ2n) is 3.64. The maximum Gasteiger partial charge on any atom is 0.216 e. The fourth-order valence-electron chi connectivity index (χ4n) is 1.91. The van der Waals surface area contributed by atoms with Crippen LogP contribution in [0.4, 0.5) is 0 Å². The largest absolute Gasteiger partial charge is 0.481 e. The summed E-state index contributed by atoms with van der Waals surface area (Å²) in [4.78, 5) is 4.26. The Morgan fingerprint density at radius 1 is 1.47 bits per heavy atom. The Labute approximate surface area is 97.9 Å². The molecule has 82 valence electrons. The second kappa shape index (κ2) is 4.94. The number of ether oxygens (including phenoxy) is 2. The van der Waals surface area contributed by atoms with Crippen LogP contribution in [-0.4, -0.2) is 25.3 Å². The normalized spacial score (nSPS) is 17.7. The average molecular weight is 272 g/mol. The van der Waals surface area contributed by atoms with Crippen molar-refractivity contribution in [3.63, 3.8) is 0 Å². The SMILES string of the molecule is COc1ncc(Br)cc1C1CCOCC1. The van der Waals surface area contributed by atoms with Gasteiger partial charge in [-0.3, -0.25) is 0 Å². The van der Waals surface area contributed by atoms with Crippen LogP contribution < -0.4 is 4.74 Å². The predicted octanol–water partition coefficient (Wildman–Crippen LogP) is 2.75. The van der Waals surface area contributed by atoms with Crippen molar-refractivity contribution in [1.82, 2.24) is 4.98 Å². The Hall–Kier alpha value is -0.610. The average Bonchev–Trinajstić information content (AvgIpc) is 2.30. The third-order valence-corrected chi connectivity index (χ3v) is 3.13. The Morgan fingerprint density at radius 3 is 2.87 bits per heavy atom. The standard InChI is InChI=1S/C11H14BrNO2/c1-14-11-10(6-9(12)7-13-11)8-2-4-15-5-3-8/h6-8H,2-5H2,1H3. The van der Waals surface area contributed by atoms with Crippen molar-refractivity contribution in [3.8, 4) is 5.88 Å². The van der Waals surface area contributed by atoms with Crippen LogP contribution in [0.25, 0.3) is 0 Å². The number of hydrogen-bond acceptors (Lipinski definition) is 3. The molecule has 0 bridgehead atoms. The minimum Gasteiger partial charge on any atom is -0.481 e. The molecule has 1 aliphatic heterocycles. The number of pyridine rings is 1. The maximum absolute atomic E-state index is 5.35. The lowest BCUT2D eigenvalue weighted by molar-refractivity contribution is 0.0846. The summed E-state index contributed by atoms with van der Waals surface area (Å²) in [6.45, 7) is 1.67. The van der Waals surface area contributed by atoms with Crippen LogP contribution in [0.5, 0.6) is 5.88 Å². The topological polar surface area (TPSA) is 31.4 Å². The molecule has 0 atom stereocenters. The van der Waals surface area contributed by atoms with Gasteiger partial charge in [-0.1, -0.05) is 0 Å². The lowest BCUT2D eigenvalue weighted by Gasteiger charge is -2.23. The Bertz CT molecular complexity index is 337. The Kier molecular flexibility index (Phi) is 3.59. The first-order valence-corrected chi connectivity index (χ1v) is 5.87. The van der Waals surface area contributed by atoms with Crippen LogP contribution >= 0.6 is 15.9 Å². The molecule has 2 heterocycles. The lowest BCUT2D eigenvalue weighted by Crippen LogP contribution is -2.15. The monoisotopic (exact) mass is 271 g/mol. The van der Waals surface area contributed by atoms with E-state index in [1.165, 1.54) is 5.56 Å². The molecule has 15 heavy (non-hydrogen) atoms. The summed E-state index contributed by atoms with van der Waals surface area (Å²) < 4.78 is 11.6.